The highest BCUT2D eigenvalue weighted by molar-refractivity contribution is 5.95. The Morgan fingerprint density at radius 3 is 2.59 bits per heavy atom. The molecule has 3 heterocycles. The first-order valence-corrected chi connectivity index (χ1v) is 9.06. The third kappa shape index (κ3) is 3.86. The van der Waals surface area contributed by atoms with E-state index in [1.165, 1.54) is 0 Å². The number of rotatable bonds is 4. The molecule has 27 heavy (non-hydrogen) atoms. The number of aromatic nitrogens is 1. The Labute approximate surface area is 157 Å². The van der Waals surface area contributed by atoms with Crippen molar-refractivity contribution in [2.24, 2.45) is 5.92 Å². The summed E-state index contributed by atoms with van der Waals surface area (Å²) in [6.45, 7) is 1.83. The molecule has 2 aliphatic rings. The number of amides is 2. The molecule has 0 atom stereocenters. The molecule has 1 fully saturated rings. The predicted molar refractivity (Wildman–Crippen MR) is 97.3 cm³/mol. The second-order valence-corrected chi connectivity index (χ2v) is 6.71. The minimum Gasteiger partial charge on any atom is -0.454 e. The van der Waals surface area contributed by atoms with Crippen molar-refractivity contribution in [1.29, 1.82) is 0 Å². The lowest BCUT2D eigenvalue weighted by molar-refractivity contribution is -0.126. The van der Waals surface area contributed by atoms with Gasteiger partial charge in [-0.1, -0.05) is 0 Å². The number of fused-ring (bicyclic) bond motifs is 1. The second-order valence-electron chi connectivity index (χ2n) is 6.71. The number of likely N-dealkylation sites (tertiary alicyclic amines) is 1. The number of carbonyl (C=O) groups is 2. The average Bonchev–Trinajstić information content (AvgIpc) is 3.20. The van der Waals surface area contributed by atoms with Gasteiger partial charge in [-0.15, -0.1) is 0 Å². The molecule has 1 aromatic carbocycles. The molecule has 1 N–H and O–H groups in total. The number of hydrogen-bond acceptors (Lipinski definition) is 5. The van der Waals surface area contributed by atoms with Gasteiger partial charge in [0.05, 0.1) is 0 Å². The van der Waals surface area contributed by atoms with Gasteiger partial charge in [-0.25, -0.2) is 0 Å². The van der Waals surface area contributed by atoms with E-state index in [-0.39, 0.29) is 24.5 Å². The number of piperidine rings is 1. The molecule has 0 spiro atoms. The van der Waals surface area contributed by atoms with Gasteiger partial charge in [-0.3, -0.25) is 14.6 Å². The van der Waals surface area contributed by atoms with Crippen LogP contribution in [0, 0.1) is 5.92 Å². The fourth-order valence-corrected chi connectivity index (χ4v) is 3.39. The molecule has 2 amide bonds. The number of ether oxygens (including phenoxy) is 2. The van der Waals surface area contributed by atoms with Gasteiger partial charge in [0.25, 0.3) is 5.91 Å². The van der Waals surface area contributed by atoms with E-state index in [1.807, 2.05) is 12.1 Å². The molecule has 7 heteroatoms. The lowest BCUT2D eigenvalue weighted by atomic mass is 9.95. The van der Waals surface area contributed by atoms with Crippen LogP contribution in [0.3, 0.4) is 0 Å². The van der Waals surface area contributed by atoms with Crippen molar-refractivity contribution in [3.8, 4) is 11.5 Å². The van der Waals surface area contributed by atoms with Crippen LogP contribution in [-0.2, 0) is 11.3 Å². The van der Waals surface area contributed by atoms with Crippen molar-refractivity contribution in [1.82, 2.24) is 15.2 Å². The van der Waals surface area contributed by atoms with E-state index in [9.17, 15) is 9.59 Å². The fourth-order valence-electron chi connectivity index (χ4n) is 3.39. The summed E-state index contributed by atoms with van der Waals surface area (Å²) in [5.41, 5.74) is 1.61. The van der Waals surface area contributed by atoms with E-state index < -0.39 is 0 Å². The van der Waals surface area contributed by atoms with Crippen LogP contribution in [0.2, 0.25) is 0 Å². The van der Waals surface area contributed by atoms with E-state index >= 15 is 0 Å². The van der Waals surface area contributed by atoms with E-state index in [2.05, 4.69) is 10.3 Å². The fraction of sp³-hybridized carbons (Fsp3) is 0.350. The van der Waals surface area contributed by atoms with Crippen LogP contribution in [0.15, 0.2) is 42.7 Å². The van der Waals surface area contributed by atoms with Crippen molar-refractivity contribution in [2.75, 3.05) is 19.9 Å². The number of benzene rings is 1. The van der Waals surface area contributed by atoms with Crippen LogP contribution in [-0.4, -0.2) is 41.6 Å². The van der Waals surface area contributed by atoms with Gasteiger partial charge < -0.3 is 19.7 Å². The van der Waals surface area contributed by atoms with E-state index in [4.69, 9.17) is 9.47 Å². The van der Waals surface area contributed by atoms with Crippen LogP contribution >= 0.6 is 0 Å². The first kappa shape index (κ1) is 17.3. The zero-order valence-corrected chi connectivity index (χ0v) is 14.9. The van der Waals surface area contributed by atoms with Crippen LogP contribution in [0.5, 0.6) is 11.5 Å². The summed E-state index contributed by atoms with van der Waals surface area (Å²) in [7, 11) is 0. The number of pyridine rings is 1. The van der Waals surface area contributed by atoms with Gasteiger partial charge >= 0.3 is 0 Å². The summed E-state index contributed by atoms with van der Waals surface area (Å²) >= 11 is 0. The zero-order chi connectivity index (χ0) is 18.6. The monoisotopic (exact) mass is 367 g/mol. The summed E-state index contributed by atoms with van der Waals surface area (Å²) in [6.07, 6.45) is 4.75. The quantitative estimate of drug-likeness (QED) is 0.894. The highest BCUT2D eigenvalue weighted by atomic mass is 16.7. The van der Waals surface area contributed by atoms with Gasteiger partial charge in [0.1, 0.15) is 0 Å². The van der Waals surface area contributed by atoms with Gasteiger partial charge in [-0.2, -0.15) is 0 Å². The number of nitrogens with zero attached hydrogens (tertiary/aromatic N) is 2. The standard InChI is InChI=1S/C20H21N3O4/c24-19(22-12-14-3-7-21-8-4-14)15-5-9-23(10-6-15)20(25)16-1-2-17-18(11-16)27-13-26-17/h1-4,7-8,11,15H,5-6,9-10,12-13H2,(H,22,24). The van der Waals surface area contributed by atoms with Crippen molar-refractivity contribution < 1.29 is 19.1 Å². The molecule has 0 radical (unpaired) electrons. The minimum absolute atomic E-state index is 0.0380. The first-order valence-electron chi connectivity index (χ1n) is 9.06. The molecule has 0 saturated carbocycles. The van der Waals surface area contributed by atoms with Crippen molar-refractivity contribution in [3.05, 3.63) is 53.9 Å². The second kappa shape index (κ2) is 7.65. The zero-order valence-electron chi connectivity index (χ0n) is 14.9. The molecule has 0 unspecified atom stereocenters. The highest BCUT2D eigenvalue weighted by Crippen LogP contribution is 2.33. The summed E-state index contributed by atoms with van der Waals surface area (Å²) in [5, 5.41) is 2.97. The molecule has 4 rings (SSSR count). The predicted octanol–water partition coefficient (Wildman–Crippen LogP) is 1.98. The maximum absolute atomic E-state index is 12.7. The lowest BCUT2D eigenvalue weighted by Crippen LogP contribution is -2.42. The third-order valence-electron chi connectivity index (χ3n) is 4.99. The average molecular weight is 367 g/mol. The Balaban J connectivity index is 1.29. The highest BCUT2D eigenvalue weighted by Gasteiger charge is 2.28. The summed E-state index contributed by atoms with van der Waals surface area (Å²) in [5.74, 6) is 1.21. The van der Waals surface area contributed by atoms with Crippen LogP contribution < -0.4 is 14.8 Å². The molecular weight excluding hydrogens is 346 g/mol. The smallest absolute Gasteiger partial charge is 0.253 e. The summed E-state index contributed by atoms with van der Waals surface area (Å²) < 4.78 is 10.6. The minimum atomic E-state index is -0.0624. The number of nitrogens with one attached hydrogen (secondary N) is 1. The summed E-state index contributed by atoms with van der Waals surface area (Å²) in [4.78, 5) is 30.9. The Morgan fingerprint density at radius 1 is 1.07 bits per heavy atom. The van der Waals surface area contributed by atoms with Crippen LogP contribution in [0.1, 0.15) is 28.8 Å². The maximum Gasteiger partial charge on any atom is 0.253 e. The molecule has 2 aliphatic heterocycles. The number of hydrogen-bond donors (Lipinski definition) is 1. The van der Waals surface area contributed by atoms with Crippen molar-refractivity contribution >= 4 is 11.8 Å². The topological polar surface area (TPSA) is 80.8 Å². The Kier molecular flexibility index (Phi) is 4.91. The Morgan fingerprint density at radius 2 is 1.81 bits per heavy atom. The molecule has 0 bridgehead atoms. The van der Waals surface area contributed by atoms with Crippen molar-refractivity contribution in [2.45, 2.75) is 19.4 Å². The maximum atomic E-state index is 12.7. The molecule has 2 aromatic rings. The Bertz CT molecular complexity index is 832. The van der Waals surface area contributed by atoms with Gasteiger partial charge in [0.15, 0.2) is 11.5 Å². The van der Waals surface area contributed by atoms with Crippen LogP contribution in [0.4, 0.5) is 0 Å². The van der Waals surface area contributed by atoms with E-state index in [0.717, 1.165) is 5.56 Å². The molecule has 1 saturated heterocycles. The summed E-state index contributed by atoms with van der Waals surface area (Å²) in [6, 6.07) is 9.00. The molecule has 0 aliphatic carbocycles. The lowest BCUT2D eigenvalue weighted by Gasteiger charge is -2.31. The normalized spacial score (nSPS) is 16.2. The number of carbonyl (C=O) groups excluding carboxylic acids is 2. The largest absolute Gasteiger partial charge is 0.454 e. The van der Waals surface area contributed by atoms with Crippen LogP contribution in [0.25, 0.3) is 0 Å². The Hall–Kier alpha value is -3.09. The molecular formula is C20H21N3O4. The van der Waals surface area contributed by atoms with Gasteiger partial charge in [0, 0.05) is 43.5 Å². The van der Waals surface area contributed by atoms with Gasteiger partial charge in [-0.05, 0) is 48.7 Å². The molecule has 1 aromatic heterocycles. The molecule has 7 nitrogen and oxygen atoms in total. The van der Waals surface area contributed by atoms with Crippen molar-refractivity contribution in [3.63, 3.8) is 0 Å². The van der Waals surface area contributed by atoms with Gasteiger partial charge in [0.2, 0.25) is 12.7 Å². The van der Waals surface area contributed by atoms with E-state index in [1.54, 1.807) is 35.5 Å². The third-order valence-corrected chi connectivity index (χ3v) is 4.99. The first-order chi connectivity index (χ1) is 13.2. The molecule has 140 valence electrons. The SMILES string of the molecule is O=C(NCc1ccncc1)C1CCN(C(=O)c2ccc3c(c2)OCO3)CC1. The van der Waals surface area contributed by atoms with E-state index in [0.29, 0.717) is 49.5 Å².